The largest absolute Gasteiger partial charge is 0.388 e. The fourth-order valence-corrected chi connectivity index (χ4v) is 3.25. The molecule has 6 nitrogen and oxygen atoms in total. The van der Waals surface area contributed by atoms with Crippen molar-refractivity contribution in [1.82, 2.24) is 5.32 Å². The van der Waals surface area contributed by atoms with Crippen LogP contribution < -0.4 is 10.6 Å². The van der Waals surface area contributed by atoms with Crippen LogP contribution >= 0.6 is 0 Å². The summed E-state index contributed by atoms with van der Waals surface area (Å²) in [5, 5.41) is 15.5. The van der Waals surface area contributed by atoms with Gasteiger partial charge in [-0.2, -0.15) is 0 Å². The Morgan fingerprint density at radius 3 is 2.62 bits per heavy atom. The number of aliphatic hydroxyl groups is 1. The van der Waals surface area contributed by atoms with Crippen molar-refractivity contribution in [1.29, 1.82) is 0 Å². The van der Waals surface area contributed by atoms with E-state index in [1.165, 1.54) is 0 Å². The molecule has 2 aliphatic rings. The molecule has 2 atom stereocenters. The van der Waals surface area contributed by atoms with Crippen molar-refractivity contribution >= 4 is 17.5 Å². The summed E-state index contributed by atoms with van der Waals surface area (Å²) < 4.78 is 5.14. The van der Waals surface area contributed by atoms with Gasteiger partial charge in [0.25, 0.3) is 5.91 Å². The van der Waals surface area contributed by atoms with E-state index in [-0.39, 0.29) is 24.3 Å². The number of aliphatic hydroxyl groups excluding tert-OH is 1. The Balaban J connectivity index is 1.68. The topological polar surface area (TPSA) is 87.7 Å². The molecule has 130 valence electrons. The zero-order chi connectivity index (χ0) is 17.1. The zero-order valence-corrected chi connectivity index (χ0v) is 13.9. The Kier molecular flexibility index (Phi) is 5.16. The quantitative estimate of drug-likeness (QED) is 0.782. The van der Waals surface area contributed by atoms with Crippen LogP contribution in [-0.4, -0.2) is 42.3 Å². The maximum atomic E-state index is 12.4. The van der Waals surface area contributed by atoms with Crippen LogP contribution in [0.1, 0.15) is 41.6 Å². The number of rotatable bonds is 4. The standard InChI is InChI=1S/C18H24N2O4/c1-11-6-7-13(18(23)20-15-9-24-10-16(15)21)8-14(11)19-17(22)12-4-2-3-5-12/h6-8,12,15-16,21H,2-5,9-10H2,1H3,(H,19,22)(H,20,23). The lowest BCUT2D eigenvalue weighted by atomic mass is 10.1. The minimum atomic E-state index is -0.680. The predicted octanol–water partition coefficient (Wildman–Crippen LogP) is 1.61. The SMILES string of the molecule is Cc1ccc(C(=O)NC2COCC2O)cc1NC(=O)C1CCCC1. The second kappa shape index (κ2) is 7.32. The van der Waals surface area contributed by atoms with E-state index >= 15 is 0 Å². The van der Waals surface area contributed by atoms with Gasteiger partial charge in [0, 0.05) is 17.2 Å². The number of anilines is 1. The first kappa shape index (κ1) is 16.9. The van der Waals surface area contributed by atoms with Gasteiger partial charge in [0.05, 0.1) is 25.4 Å². The molecule has 3 rings (SSSR count). The Morgan fingerprint density at radius 1 is 1.21 bits per heavy atom. The summed E-state index contributed by atoms with van der Waals surface area (Å²) in [4.78, 5) is 24.7. The lowest BCUT2D eigenvalue weighted by Crippen LogP contribution is -2.42. The lowest BCUT2D eigenvalue weighted by molar-refractivity contribution is -0.119. The number of aryl methyl sites for hydroxylation is 1. The Bertz CT molecular complexity index is 625. The Labute approximate surface area is 141 Å². The molecule has 0 radical (unpaired) electrons. The molecular formula is C18H24N2O4. The summed E-state index contributed by atoms with van der Waals surface area (Å²) in [6, 6.07) is 4.84. The van der Waals surface area contributed by atoms with Crippen LogP contribution in [0.2, 0.25) is 0 Å². The van der Waals surface area contributed by atoms with Gasteiger partial charge in [0.1, 0.15) is 0 Å². The average molecular weight is 332 g/mol. The molecule has 1 aromatic rings. The van der Waals surface area contributed by atoms with Gasteiger partial charge in [-0.05, 0) is 37.5 Å². The van der Waals surface area contributed by atoms with Crippen molar-refractivity contribution in [2.24, 2.45) is 5.92 Å². The number of hydrogen-bond donors (Lipinski definition) is 3. The maximum absolute atomic E-state index is 12.4. The maximum Gasteiger partial charge on any atom is 0.251 e. The van der Waals surface area contributed by atoms with Crippen LogP contribution in [0.15, 0.2) is 18.2 Å². The molecule has 0 aromatic heterocycles. The van der Waals surface area contributed by atoms with Crippen molar-refractivity contribution in [3.05, 3.63) is 29.3 Å². The van der Waals surface area contributed by atoms with E-state index in [1.54, 1.807) is 12.1 Å². The van der Waals surface area contributed by atoms with E-state index in [0.717, 1.165) is 31.2 Å². The number of carbonyl (C=O) groups excluding carboxylic acids is 2. The number of amides is 2. The van der Waals surface area contributed by atoms with Gasteiger partial charge in [0.2, 0.25) is 5.91 Å². The van der Waals surface area contributed by atoms with E-state index in [0.29, 0.717) is 17.9 Å². The van der Waals surface area contributed by atoms with Gasteiger partial charge in [-0.1, -0.05) is 18.9 Å². The van der Waals surface area contributed by atoms with Crippen molar-refractivity contribution < 1.29 is 19.4 Å². The fraction of sp³-hybridized carbons (Fsp3) is 0.556. The molecule has 24 heavy (non-hydrogen) atoms. The number of hydrogen-bond acceptors (Lipinski definition) is 4. The predicted molar refractivity (Wildman–Crippen MR) is 89.8 cm³/mol. The summed E-state index contributed by atoms with van der Waals surface area (Å²) in [6.45, 7) is 2.45. The third-order valence-corrected chi connectivity index (χ3v) is 4.85. The molecule has 0 spiro atoms. The third-order valence-electron chi connectivity index (χ3n) is 4.85. The van der Waals surface area contributed by atoms with E-state index in [9.17, 15) is 14.7 Å². The zero-order valence-electron chi connectivity index (χ0n) is 13.9. The molecular weight excluding hydrogens is 308 g/mol. The van der Waals surface area contributed by atoms with E-state index in [4.69, 9.17) is 4.74 Å². The second-order valence-electron chi connectivity index (χ2n) is 6.69. The number of carbonyl (C=O) groups is 2. The molecule has 1 saturated carbocycles. The van der Waals surface area contributed by atoms with Gasteiger partial charge >= 0.3 is 0 Å². The van der Waals surface area contributed by atoms with Gasteiger partial charge < -0.3 is 20.5 Å². The van der Waals surface area contributed by atoms with Crippen molar-refractivity contribution in [2.75, 3.05) is 18.5 Å². The van der Waals surface area contributed by atoms with Gasteiger partial charge in [-0.15, -0.1) is 0 Å². The van der Waals surface area contributed by atoms with Crippen molar-refractivity contribution in [2.45, 2.75) is 44.8 Å². The summed E-state index contributed by atoms with van der Waals surface area (Å²) in [5.41, 5.74) is 2.05. The van der Waals surface area contributed by atoms with E-state index in [2.05, 4.69) is 10.6 Å². The number of benzene rings is 1. The average Bonchev–Trinajstić information content (AvgIpc) is 3.22. The Hall–Kier alpha value is -1.92. The molecule has 1 aromatic carbocycles. The Morgan fingerprint density at radius 2 is 1.96 bits per heavy atom. The third kappa shape index (κ3) is 3.76. The molecule has 1 saturated heterocycles. The number of ether oxygens (including phenoxy) is 1. The summed E-state index contributed by atoms with van der Waals surface area (Å²) in [6.07, 6.45) is 3.40. The van der Waals surface area contributed by atoms with Crippen LogP contribution in [0.25, 0.3) is 0 Å². The van der Waals surface area contributed by atoms with Crippen LogP contribution in [0.4, 0.5) is 5.69 Å². The first-order valence-electron chi connectivity index (χ1n) is 8.53. The summed E-state index contributed by atoms with van der Waals surface area (Å²) in [5.74, 6) is -0.165. The molecule has 1 aliphatic heterocycles. The van der Waals surface area contributed by atoms with Crippen molar-refractivity contribution in [3.8, 4) is 0 Å². The second-order valence-corrected chi connectivity index (χ2v) is 6.69. The monoisotopic (exact) mass is 332 g/mol. The molecule has 0 bridgehead atoms. The highest BCUT2D eigenvalue weighted by Gasteiger charge is 2.28. The first-order chi connectivity index (χ1) is 11.5. The minimum Gasteiger partial charge on any atom is -0.388 e. The van der Waals surface area contributed by atoms with E-state index in [1.807, 2.05) is 13.0 Å². The van der Waals surface area contributed by atoms with E-state index < -0.39 is 12.1 Å². The summed E-state index contributed by atoms with van der Waals surface area (Å²) in [7, 11) is 0. The highest BCUT2D eigenvalue weighted by Crippen LogP contribution is 2.27. The number of nitrogens with one attached hydrogen (secondary N) is 2. The van der Waals surface area contributed by atoms with Gasteiger partial charge in [-0.25, -0.2) is 0 Å². The minimum absolute atomic E-state index is 0.0350. The normalized spacial score (nSPS) is 24.1. The smallest absolute Gasteiger partial charge is 0.251 e. The van der Waals surface area contributed by atoms with Gasteiger partial charge in [-0.3, -0.25) is 9.59 Å². The van der Waals surface area contributed by atoms with Crippen molar-refractivity contribution in [3.63, 3.8) is 0 Å². The van der Waals surface area contributed by atoms with Crippen LogP contribution in [-0.2, 0) is 9.53 Å². The molecule has 3 N–H and O–H groups in total. The van der Waals surface area contributed by atoms with Crippen LogP contribution in [0, 0.1) is 12.8 Å². The lowest BCUT2D eigenvalue weighted by Gasteiger charge is -2.16. The molecule has 2 unspecified atom stereocenters. The highest BCUT2D eigenvalue weighted by atomic mass is 16.5. The van der Waals surface area contributed by atoms with Gasteiger partial charge in [0.15, 0.2) is 0 Å². The highest BCUT2D eigenvalue weighted by molar-refractivity contribution is 5.98. The summed E-state index contributed by atoms with van der Waals surface area (Å²) >= 11 is 0. The van der Waals surface area contributed by atoms with Crippen LogP contribution in [0.5, 0.6) is 0 Å². The fourth-order valence-electron chi connectivity index (χ4n) is 3.25. The molecule has 1 aliphatic carbocycles. The first-order valence-corrected chi connectivity index (χ1v) is 8.53. The van der Waals surface area contributed by atoms with Crippen LogP contribution in [0.3, 0.4) is 0 Å². The molecule has 6 heteroatoms. The molecule has 2 amide bonds. The molecule has 2 fully saturated rings. The molecule has 1 heterocycles.